The second-order valence-corrected chi connectivity index (χ2v) is 9.60. The van der Waals surface area contributed by atoms with Gasteiger partial charge in [0.05, 0.1) is 18.8 Å². The zero-order valence-electron chi connectivity index (χ0n) is 21.0. The number of rotatable bonds is 8. The van der Waals surface area contributed by atoms with Crippen LogP contribution in [0.3, 0.4) is 0 Å². The summed E-state index contributed by atoms with van der Waals surface area (Å²) in [6.45, 7) is 2.71. The standard InChI is InChI=1S/C28H30N4O5/c1-18-5-7-20(8-6-18)27(33)31(14-15-36-2)26-22(28(34)35)17-32(30-26)21-11-9-19(10-12-21)25-16-23-24(37-25)4-3-13-29-23/h3-4,9-13,16-18,20H,5-8,14-15H2,1-2H3,(H,34,35)/t18-,20-. The maximum absolute atomic E-state index is 13.5. The Balaban J connectivity index is 1.45. The summed E-state index contributed by atoms with van der Waals surface area (Å²) in [5.74, 6) is 0.0542. The summed E-state index contributed by atoms with van der Waals surface area (Å²) in [6.07, 6.45) is 6.74. The highest BCUT2D eigenvalue weighted by molar-refractivity contribution is 6.01. The number of fused-ring (bicyclic) bond motifs is 1. The van der Waals surface area contributed by atoms with Gasteiger partial charge in [0.1, 0.15) is 16.8 Å². The van der Waals surface area contributed by atoms with Crippen molar-refractivity contribution in [3.63, 3.8) is 0 Å². The van der Waals surface area contributed by atoms with E-state index in [4.69, 9.17) is 9.15 Å². The van der Waals surface area contributed by atoms with Crippen molar-refractivity contribution in [1.82, 2.24) is 14.8 Å². The largest absolute Gasteiger partial charge is 0.477 e. The van der Waals surface area contributed by atoms with Crippen LogP contribution < -0.4 is 4.90 Å². The Kier molecular flexibility index (Phi) is 7.05. The predicted molar refractivity (Wildman–Crippen MR) is 139 cm³/mol. The summed E-state index contributed by atoms with van der Waals surface area (Å²) in [6, 6.07) is 13.0. The van der Waals surface area contributed by atoms with E-state index in [1.54, 1.807) is 13.3 Å². The molecule has 3 heterocycles. The van der Waals surface area contributed by atoms with Gasteiger partial charge in [0.2, 0.25) is 5.91 Å². The third kappa shape index (κ3) is 5.13. The number of ether oxygens (including phenoxy) is 1. The molecular formula is C28H30N4O5. The Bertz CT molecular complexity index is 1370. The third-order valence-electron chi connectivity index (χ3n) is 7.03. The van der Waals surface area contributed by atoms with Gasteiger partial charge in [-0.3, -0.25) is 14.7 Å². The number of hydrogen-bond acceptors (Lipinski definition) is 6. The van der Waals surface area contributed by atoms with E-state index in [0.29, 0.717) is 22.9 Å². The van der Waals surface area contributed by atoms with Gasteiger partial charge >= 0.3 is 5.97 Å². The van der Waals surface area contributed by atoms with Crippen molar-refractivity contribution < 1.29 is 23.8 Å². The topological polar surface area (TPSA) is 111 Å². The number of amides is 1. The van der Waals surface area contributed by atoms with Crippen molar-refractivity contribution in [2.75, 3.05) is 25.2 Å². The van der Waals surface area contributed by atoms with Crippen LogP contribution in [0, 0.1) is 11.8 Å². The number of carbonyl (C=O) groups excluding carboxylic acids is 1. The van der Waals surface area contributed by atoms with E-state index in [9.17, 15) is 14.7 Å². The van der Waals surface area contributed by atoms with E-state index in [1.807, 2.05) is 42.5 Å². The molecule has 9 nitrogen and oxygen atoms in total. The smallest absolute Gasteiger partial charge is 0.341 e. The molecule has 0 spiro atoms. The highest BCUT2D eigenvalue weighted by atomic mass is 16.5. The Hall–Kier alpha value is -3.98. The fourth-order valence-corrected chi connectivity index (χ4v) is 4.87. The molecular weight excluding hydrogens is 472 g/mol. The molecule has 0 saturated heterocycles. The van der Waals surface area contributed by atoms with Crippen LogP contribution in [0.4, 0.5) is 5.82 Å². The van der Waals surface area contributed by atoms with E-state index in [2.05, 4.69) is 17.0 Å². The average Bonchev–Trinajstić information content (AvgIpc) is 3.55. The Morgan fingerprint density at radius 3 is 2.59 bits per heavy atom. The molecule has 1 N–H and O–H groups in total. The molecule has 1 fully saturated rings. The zero-order chi connectivity index (χ0) is 25.9. The maximum atomic E-state index is 13.5. The summed E-state index contributed by atoms with van der Waals surface area (Å²) >= 11 is 0. The first-order valence-corrected chi connectivity index (χ1v) is 12.5. The Morgan fingerprint density at radius 2 is 1.92 bits per heavy atom. The normalized spacial score (nSPS) is 17.7. The second-order valence-electron chi connectivity index (χ2n) is 9.60. The zero-order valence-corrected chi connectivity index (χ0v) is 21.0. The van der Waals surface area contributed by atoms with Crippen molar-refractivity contribution in [2.24, 2.45) is 11.8 Å². The van der Waals surface area contributed by atoms with Gasteiger partial charge in [-0.05, 0) is 68.0 Å². The van der Waals surface area contributed by atoms with Gasteiger partial charge < -0.3 is 14.3 Å². The number of aromatic nitrogens is 3. The molecule has 0 atom stereocenters. The minimum absolute atomic E-state index is 0.0268. The predicted octanol–water partition coefficient (Wildman–Crippen LogP) is 5.18. The summed E-state index contributed by atoms with van der Waals surface area (Å²) in [7, 11) is 1.56. The van der Waals surface area contributed by atoms with E-state index < -0.39 is 5.97 Å². The molecule has 1 amide bonds. The fraction of sp³-hybridized carbons (Fsp3) is 0.357. The van der Waals surface area contributed by atoms with Gasteiger partial charge in [-0.1, -0.05) is 6.92 Å². The number of methoxy groups -OCH3 is 1. The van der Waals surface area contributed by atoms with E-state index in [1.165, 1.54) is 15.8 Å². The SMILES string of the molecule is COCCN(c1nn(-c2ccc(-c3cc4ncccc4o3)cc2)cc1C(=O)O)C(=O)[C@H]1CC[C@H](C)CC1. The Labute approximate surface area is 214 Å². The van der Waals surface area contributed by atoms with Gasteiger partial charge in [-0.15, -0.1) is 5.10 Å². The molecule has 1 saturated carbocycles. The minimum Gasteiger partial charge on any atom is -0.477 e. The molecule has 1 aromatic carbocycles. The van der Waals surface area contributed by atoms with E-state index in [-0.39, 0.29) is 36.4 Å². The number of carboxylic acid groups (broad SMARTS) is 1. The highest BCUT2D eigenvalue weighted by Crippen LogP contribution is 2.32. The monoisotopic (exact) mass is 502 g/mol. The van der Waals surface area contributed by atoms with Crippen LogP contribution in [-0.2, 0) is 9.53 Å². The van der Waals surface area contributed by atoms with Crippen LogP contribution in [-0.4, -0.2) is 52.0 Å². The summed E-state index contributed by atoms with van der Waals surface area (Å²) in [4.78, 5) is 31.5. The van der Waals surface area contributed by atoms with Crippen LogP contribution in [0.5, 0.6) is 0 Å². The van der Waals surface area contributed by atoms with Crippen molar-refractivity contribution in [1.29, 1.82) is 0 Å². The lowest BCUT2D eigenvalue weighted by atomic mass is 9.82. The lowest BCUT2D eigenvalue weighted by Gasteiger charge is -2.30. The number of nitrogens with zero attached hydrogens (tertiary/aromatic N) is 4. The first-order valence-electron chi connectivity index (χ1n) is 12.5. The number of aromatic carboxylic acids is 1. The van der Waals surface area contributed by atoms with Gasteiger partial charge in [-0.2, -0.15) is 0 Å². The Morgan fingerprint density at radius 1 is 1.16 bits per heavy atom. The highest BCUT2D eigenvalue weighted by Gasteiger charge is 2.32. The lowest BCUT2D eigenvalue weighted by Crippen LogP contribution is -2.40. The van der Waals surface area contributed by atoms with Gasteiger partial charge in [0.15, 0.2) is 11.4 Å². The lowest BCUT2D eigenvalue weighted by molar-refractivity contribution is -0.123. The van der Waals surface area contributed by atoms with Crippen LogP contribution in [0.1, 0.15) is 43.0 Å². The van der Waals surface area contributed by atoms with Crippen LogP contribution in [0.2, 0.25) is 0 Å². The molecule has 0 aliphatic heterocycles. The van der Waals surface area contributed by atoms with Crippen molar-refractivity contribution in [3.8, 4) is 17.0 Å². The van der Waals surface area contributed by atoms with E-state index in [0.717, 1.165) is 36.8 Å². The van der Waals surface area contributed by atoms with Crippen molar-refractivity contribution in [2.45, 2.75) is 32.6 Å². The molecule has 1 aliphatic rings. The number of hydrogen-bond donors (Lipinski definition) is 1. The molecule has 192 valence electrons. The minimum atomic E-state index is -1.14. The molecule has 37 heavy (non-hydrogen) atoms. The van der Waals surface area contributed by atoms with Crippen LogP contribution in [0.25, 0.3) is 28.1 Å². The summed E-state index contributed by atoms with van der Waals surface area (Å²) < 4.78 is 12.6. The van der Waals surface area contributed by atoms with E-state index >= 15 is 0 Å². The summed E-state index contributed by atoms with van der Waals surface area (Å²) in [5, 5.41) is 14.5. The molecule has 0 radical (unpaired) electrons. The summed E-state index contributed by atoms with van der Waals surface area (Å²) in [5.41, 5.74) is 2.98. The fourth-order valence-electron chi connectivity index (χ4n) is 4.87. The quantitative estimate of drug-likeness (QED) is 0.353. The number of carboxylic acids is 1. The molecule has 4 aromatic rings. The average molecular weight is 503 g/mol. The second kappa shape index (κ2) is 10.6. The number of pyridine rings is 1. The first-order chi connectivity index (χ1) is 17.9. The first kappa shape index (κ1) is 24.7. The molecule has 0 unspecified atom stereocenters. The number of benzene rings is 1. The van der Waals surface area contributed by atoms with Gasteiger partial charge in [0, 0.05) is 37.1 Å². The molecule has 0 bridgehead atoms. The molecule has 3 aromatic heterocycles. The van der Waals surface area contributed by atoms with Crippen molar-refractivity contribution in [3.05, 3.63) is 60.4 Å². The molecule has 9 heteroatoms. The number of furan rings is 1. The van der Waals surface area contributed by atoms with Gasteiger partial charge in [0.25, 0.3) is 0 Å². The molecule has 5 rings (SSSR count). The number of anilines is 1. The maximum Gasteiger partial charge on any atom is 0.341 e. The van der Waals surface area contributed by atoms with Gasteiger partial charge in [-0.25, -0.2) is 9.48 Å². The third-order valence-corrected chi connectivity index (χ3v) is 7.03. The molecule has 1 aliphatic carbocycles. The van der Waals surface area contributed by atoms with Crippen LogP contribution >= 0.6 is 0 Å². The number of carbonyl (C=O) groups is 2. The van der Waals surface area contributed by atoms with Crippen LogP contribution in [0.15, 0.2) is 59.3 Å². The van der Waals surface area contributed by atoms with Crippen molar-refractivity contribution >= 4 is 28.8 Å².